The largest absolute Gasteiger partial charge is 0.462 e. The SMILES string of the molecule is CCOC(=O)c1sc(NC(=O)CN2CCN(CC)CC2)cc1C. The van der Waals surface area contributed by atoms with Crippen molar-refractivity contribution in [2.45, 2.75) is 20.8 Å². The summed E-state index contributed by atoms with van der Waals surface area (Å²) in [4.78, 5) is 29.1. The minimum atomic E-state index is -0.328. The van der Waals surface area contributed by atoms with Crippen LogP contribution in [0.25, 0.3) is 0 Å². The first-order chi connectivity index (χ1) is 11.0. The van der Waals surface area contributed by atoms with Crippen LogP contribution in [0.4, 0.5) is 5.00 Å². The number of anilines is 1. The molecule has 0 bridgehead atoms. The molecule has 2 rings (SSSR count). The molecule has 1 saturated heterocycles. The Balaban J connectivity index is 1.86. The summed E-state index contributed by atoms with van der Waals surface area (Å²) in [5.74, 6) is -0.363. The summed E-state index contributed by atoms with van der Waals surface area (Å²) in [5.41, 5.74) is 0.834. The van der Waals surface area contributed by atoms with Crippen LogP contribution in [0.2, 0.25) is 0 Å². The Bertz CT molecular complexity index is 551. The Morgan fingerprint density at radius 2 is 1.87 bits per heavy atom. The van der Waals surface area contributed by atoms with Crippen molar-refractivity contribution in [3.8, 4) is 0 Å². The highest BCUT2D eigenvalue weighted by atomic mass is 32.1. The number of aryl methyl sites for hydroxylation is 1. The third-order valence-electron chi connectivity index (χ3n) is 3.92. The van der Waals surface area contributed by atoms with Crippen molar-refractivity contribution in [3.05, 3.63) is 16.5 Å². The number of carbonyl (C=O) groups is 2. The first-order valence-electron chi connectivity index (χ1n) is 8.05. The predicted molar refractivity (Wildman–Crippen MR) is 92.2 cm³/mol. The van der Waals surface area contributed by atoms with Crippen LogP contribution < -0.4 is 5.32 Å². The fraction of sp³-hybridized carbons (Fsp3) is 0.625. The molecule has 0 unspecified atom stereocenters. The standard InChI is InChI=1S/C16H25N3O3S/c1-4-18-6-8-19(9-7-18)11-13(20)17-14-10-12(3)15(23-14)16(21)22-5-2/h10H,4-9,11H2,1-3H3,(H,17,20). The second-order valence-corrected chi connectivity index (χ2v) is 6.65. The van der Waals surface area contributed by atoms with Crippen LogP contribution in [-0.2, 0) is 9.53 Å². The number of piperazine rings is 1. The molecule has 1 N–H and O–H groups in total. The molecule has 1 fully saturated rings. The lowest BCUT2D eigenvalue weighted by Crippen LogP contribution is -2.48. The fourth-order valence-corrected chi connectivity index (χ4v) is 3.57. The number of thiophene rings is 1. The minimum Gasteiger partial charge on any atom is -0.462 e. The summed E-state index contributed by atoms with van der Waals surface area (Å²) in [6.45, 7) is 11.4. The van der Waals surface area contributed by atoms with Crippen molar-refractivity contribution >= 4 is 28.2 Å². The van der Waals surface area contributed by atoms with E-state index < -0.39 is 0 Å². The minimum absolute atomic E-state index is 0.0355. The van der Waals surface area contributed by atoms with Crippen LogP contribution in [0.5, 0.6) is 0 Å². The van der Waals surface area contributed by atoms with Crippen LogP contribution in [0.1, 0.15) is 29.1 Å². The highest BCUT2D eigenvalue weighted by Crippen LogP contribution is 2.27. The smallest absolute Gasteiger partial charge is 0.348 e. The van der Waals surface area contributed by atoms with Crippen molar-refractivity contribution in [1.29, 1.82) is 0 Å². The molecule has 0 atom stereocenters. The van der Waals surface area contributed by atoms with Crippen molar-refractivity contribution in [1.82, 2.24) is 9.80 Å². The predicted octanol–water partition coefficient (Wildman–Crippen LogP) is 1.81. The molecule has 2 heterocycles. The number of rotatable bonds is 6. The lowest BCUT2D eigenvalue weighted by molar-refractivity contribution is -0.117. The zero-order valence-corrected chi connectivity index (χ0v) is 14.9. The van der Waals surface area contributed by atoms with Gasteiger partial charge in [0.2, 0.25) is 5.91 Å². The van der Waals surface area contributed by atoms with E-state index in [0.29, 0.717) is 23.0 Å². The molecule has 0 aromatic carbocycles. The number of nitrogens with one attached hydrogen (secondary N) is 1. The molecule has 6 nitrogen and oxygen atoms in total. The van der Waals surface area contributed by atoms with Crippen molar-refractivity contribution in [2.75, 3.05) is 51.2 Å². The summed E-state index contributed by atoms with van der Waals surface area (Å²) in [7, 11) is 0. The zero-order valence-electron chi connectivity index (χ0n) is 14.1. The number of amides is 1. The quantitative estimate of drug-likeness (QED) is 0.801. The Morgan fingerprint density at radius 1 is 1.22 bits per heavy atom. The number of hydrogen-bond acceptors (Lipinski definition) is 6. The van der Waals surface area contributed by atoms with Gasteiger partial charge in [-0.3, -0.25) is 9.69 Å². The summed E-state index contributed by atoms with van der Waals surface area (Å²) < 4.78 is 5.02. The Labute approximate surface area is 141 Å². The monoisotopic (exact) mass is 339 g/mol. The Morgan fingerprint density at radius 3 is 2.48 bits per heavy atom. The molecular formula is C16H25N3O3S. The molecule has 23 heavy (non-hydrogen) atoms. The molecule has 0 spiro atoms. The fourth-order valence-electron chi connectivity index (χ4n) is 2.59. The molecule has 1 amide bonds. The van der Waals surface area contributed by atoms with Crippen LogP contribution in [0.15, 0.2) is 6.07 Å². The van der Waals surface area contributed by atoms with Gasteiger partial charge in [0, 0.05) is 26.2 Å². The lowest BCUT2D eigenvalue weighted by Gasteiger charge is -2.33. The third kappa shape index (κ3) is 5.02. The van der Waals surface area contributed by atoms with E-state index >= 15 is 0 Å². The van der Waals surface area contributed by atoms with E-state index in [1.807, 2.05) is 13.0 Å². The number of hydrogen-bond donors (Lipinski definition) is 1. The number of ether oxygens (including phenoxy) is 1. The molecule has 1 aromatic heterocycles. The number of nitrogens with zero attached hydrogens (tertiary/aromatic N) is 2. The van der Waals surface area contributed by atoms with Gasteiger partial charge >= 0.3 is 5.97 Å². The van der Waals surface area contributed by atoms with Gasteiger partial charge in [-0.05, 0) is 32.0 Å². The highest BCUT2D eigenvalue weighted by molar-refractivity contribution is 7.18. The van der Waals surface area contributed by atoms with Gasteiger partial charge in [-0.2, -0.15) is 0 Å². The van der Waals surface area contributed by atoms with Gasteiger partial charge in [0.25, 0.3) is 0 Å². The highest BCUT2D eigenvalue weighted by Gasteiger charge is 2.19. The molecule has 0 aliphatic carbocycles. The average Bonchev–Trinajstić information content (AvgIpc) is 2.88. The van der Waals surface area contributed by atoms with E-state index in [4.69, 9.17) is 4.74 Å². The number of carbonyl (C=O) groups excluding carboxylic acids is 2. The second-order valence-electron chi connectivity index (χ2n) is 5.60. The van der Waals surface area contributed by atoms with Gasteiger partial charge in [0.15, 0.2) is 0 Å². The van der Waals surface area contributed by atoms with Gasteiger partial charge < -0.3 is 15.0 Å². The Hall–Kier alpha value is -1.44. The van der Waals surface area contributed by atoms with Crippen LogP contribution in [0, 0.1) is 6.92 Å². The van der Waals surface area contributed by atoms with Gasteiger partial charge in [-0.15, -0.1) is 11.3 Å². The Kier molecular flexibility index (Phi) is 6.56. The number of likely N-dealkylation sites (N-methyl/N-ethyl adjacent to an activating group) is 1. The molecule has 7 heteroatoms. The number of esters is 1. The van der Waals surface area contributed by atoms with Gasteiger partial charge in [0.05, 0.1) is 18.2 Å². The van der Waals surface area contributed by atoms with Crippen LogP contribution >= 0.6 is 11.3 Å². The first-order valence-corrected chi connectivity index (χ1v) is 8.87. The maximum atomic E-state index is 12.2. The summed E-state index contributed by atoms with van der Waals surface area (Å²) in [6, 6.07) is 1.82. The maximum Gasteiger partial charge on any atom is 0.348 e. The molecule has 1 aliphatic heterocycles. The molecule has 1 aliphatic rings. The van der Waals surface area contributed by atoms with Crippen molar-refractivity contribution < 1.29 is 14.3 Å². The van der Waals surface area contributed by atoms with Crippen molar-refractivity contribution in [3.63, 3.8) is 0 Å². The average molecular weight is 339 g/mol. The third-order valence-corrected chi connectivity index (χ3v) is 5.05. The maximum absolute atomic E-state index is 12.2. The van der Waals surface area contributed by atoms with E-state index in [-0.39, 0.29) is 11.9 Å². The summed E-state index contributed by atoms with van der Waals surface area (Å²) >= 11 is 1.27. The van der Waals surface area contributed by atoms with E-state index in [0.717, 1.165) is 38.3 Å². The van der Waals surface area contributed by atoms with Crippen LogP contribution in [0.3, 0.4) is 0 Å². The lowest BCUT2D eigenvalue weighted by atomic mass is 10.3. The van der Waals surface area contributed by atoms with E-state index in [1.54, 1.807) is 6.92 Å². The summed E-state index contributed by atoms with van der Waals surface area (Å²) in [5, 5.41) is 3.59. The van der Waals surface area contributed by atoms with E-state index in [9.17, 15) is 9.59 Å². The molecule has 1 aromatic rings. The first kappa shape index (κ1) is 17.9. The second kappa shape index (κ2) is 8.42. The topological polar surface area (TPSA) is 61.9 Å². The van der Waals surface area contributed by atoms with Gasteiger partial charge in [-0.1, -0.05) is 6.92 Å². The summed E-state index contributed by atoms with van der Waals surface area (Å²) in [6.07, 6.45) is 0. The van der Waals surface area contributed by atoms with Crippen LogP contribution in [-0.4, -0.2) is 67.6 Å². The molecule has 0 radical (unpaired) electrons. The van der Waals surface area contributed by atoms with Crippen molar-refractivity contribution in [2.24, 2.45) is 0 Å². The molecule has 128 valence electrons. The van der Waals surface area contributed by atoms with E-state index in [2.05, 4.69) is 22.0 Å². The molecular weight excluding hydrogens is 314 g/mol. The van der Waals surface area contributed by atoms with Gasteiger partial charge in [0.1, 0.15) is 4.88 Å². The van der Waals surface area contributed by atoms with E-state index in [1.165, 1.54) is 11.3 Å². The normalized spacial score (nSPS) is 16.3. The molecule has 0 saturated carbocycles. The zero-order chi connectivity index (χ0) is 16.8. The van der Waals surface area contributed by atoms with Gasteiger partial charge in [-0.25, -0.2) is 4.79 Å².